The maximum absolute atomic E-state index is 5.66. The van der Waals surface area contributed by atoms with Gasteiger partial charge in [-0.25, -0.2) is 0 Å². The highest BCUT2D eigenvalue weighted by Crippen LogP contribution is 2.28. The molecule has 0 aliphatic carbocycles. The Morgan fingerprint density at radius 2 is 1.64 bits per heavy atom. The summed E-state index contributed by atoms with van der Waals surface area (Å²) in [6.07, 6.45) is 1.72. The van der Waals surface area contributed by atoms with E-state index in [0.29, 0.717) is 13.2 Å². The van der Waals surface area contributed by atoms with E-state index in [-0.39, 0.29) is 12.4 Å². The second-order valence-corrected chi connectivity index (χ2v) is 5.27. The molecular weight excluding hydrogens is 338 g/mol. The summed E-state index contributed by atoms with van der Waals surface area (Å²) in [6.45, 7) is 8.25. The van der Waals surface area contributed by atoms with Crippen LogP contribution in [0.3, 0.4) is 0 Å². The van der Waals surface area contributed by atoms with Crippen molar-refractivity contribution in [3.8, 4) is 17.2 Å². The van der Waals surface area contributed by atoms with Crippen molar-refractivity contribution in [2.45, 2.75) is 20.0 Å². The van der Waals surface area contributed by atoms with Crippen molar-refractivity contribution in [3.63, 3.8) is 0 Å². The minimum atomic E-state index is 0. The molecule has 0 unspecified atom stereocenters. The van der Waals surface area contributed by atoms with Gasteiger partial charge in [-0.3, -0.25) is 0 Å². The van der Waals surface area contributed by atoms with E-state index in [1.54, 1.807) is 13.2 Å². The molecule has 1 N–H and O–H groups in total. The minimum Gasteiger partial charge on any atom is -0.497 e. The third-order valence-corrected chi connectivity index (χ3v) is 3.48. The Morgan fingerprint density at radius 1 is 0.960 bits per heavy atom. The molecule has 0 aliphatic heterocycles. The molecule has 4 nitrogen and oxygen atoms in total. The van der Waals surface area contributed by atoms with E-state index in [4.69, 9.17) is 14.2 Å². The highest BCUT2D eigenvalue weighted by Gasteiger charge is 2.06. The highest BCUT2D eigenvalue weighted by molar-refractivity contribution is 5.85. The first-order valence-electron chi connectivity index (χ1n) is 8.10. The zero-order chi connectivity index (χ0) is 17.2. The van der Waals surface area contributed by atoms with Crippen LogP contribution in [0.5, 0.6) is 17.2 Å². The average Bonchev–Trinajstić information content (AvgIpc) is 2.62. The maximum atomic E-state index is 5.66. The number of ether oxygens (including phenoxy) is 3. The standard InChI is InChI=1S/C20H25NO3.ClH/c1-4-12-24-19-11-8-17(13-20(19)23-5-2)15-21-14-16-6-9-18(22-3)10-7-16;/h4,6-11,13,21H,1,5,12,14-15H2,2-3H3;1H. The number of rotatable bonds is 10. The predicted octanol–water partition coefficient (Wildman–Crippen LogP) is 4.37. The summed E-state index contributed by atoms with van der Waals surface area (Å²) < 4.78 is 16.4. The number of hydrogen-bond acceptors (Lipinski definition) is 4. The van der Waals surface area contributed by atoms with Crippen LogP contribution in [0.25, 0.3) is 0 Å². The summed E-state index contributed by atoms with van der Waals surface area (Å²) in [4.78, 5) is 0. The molecule has 25 heavy (non-hydrogen) atoms. The first-order chi connectivity index (χ1) is 11.8. The molecule has 2 rings (SSSR count). The fourth-order valence-electron chi connectivity index (χ4n) is 2.29. The van der Waals surface area contributed by atoms with E-state index in [1.165, 1.54) is 5.56 Å². The van der Waals surface area contributed by atoms with Gasteiger partial charge in [0.05, 0.1) is 13.7 Å². The summed E-state index contributed by atoms with van der Waals surface area (Å²) in [7, 11) is 1.67. The summed E-state index contributed by atoms with van der Waals surface area (Å²) >= 11 is 0. The summed E-state index contributed by atoms with van der Waals surface area (Å²) in [6, 6.07) is 14.1. The first kappa shape index (κ1) is 20.9. The Hall–Kier alpha value is -2.17. The second kappa shape index (κ2) is 11.4. The molecule has 5 heteroatoms. The van der Waals surface area contributed by atoms with Crippen molar-refractivity contribution in [3.05, 3.63) is 66.2 Å². The van der Waals surface area contributed by atoms with Crippen molar-refractivity contribution >= 4 is 12.4 Å². The Bertz CT molecular complexity index is 644. The fourth-order valence-corrected chi connectivity index (χ4v) is 2.29. The molecule has 0 bridgehead atoms. The topological polar surface area (TPSA) is 39.7 Å². The molecular formula is C20H26ClNO3. The molecule has 2 aromatic carbocycles. The molecule has 2 aromatic rings. The second-order valence-electron chi connectivity index (χ2n) is 5.27. The lowest BCUT2D eigenvalue weighted by molar-refractivity contribution is 0.296. The molecule has 0 amide bonds. The smallest absolute Gasteiger partial charge is 0.161 e. The molecule has 0 spiro atoms. The molecule has 0 saturated carbocycles. The van der Waals surface area contributed by atoms with Gasteiger partial charge in [-0.2, -0.15) is 0 Å². The molecule has 0 fully saturated rings. The Labute approximate surface area is 156 Å². The average molecular weight is 364 g/mol. The van der Waals surface area contributed by atoms with Crippen LogP contribution in [0.2, 0.25) is 0 Å². The van der Waals surface area contributed by atoms with E-state index in [0.717, 1.165) is 35.9 Å². The minimum absolute atomic E-state index is 0. The van der Waals surface area contributed by atoms with Crippen LogP contribution in [0.4, 0.5) is 0 Å². The maximum Gasteiger partial charge on any atom is 0.161 e. The van der Waals surface area contributed by atoms with Gasteiger partial charge in [-0.1, -0.05) is 30.9 Å². The van der Waals surface area contributed by atoms with Crippen molar-refractivity contribution in [2.75, 3.05) is 20.3 Å². The van der Waals surface area contributed by atoms with E-state index in [9.17, 15) is 0 Å². The van der Waals surface area contributed by atoms with Crippen LogP contribution in [-0.4, -0.2) is 20.3 Å². The third-order valence-electron chi connectivity index (χ3n) is 3.48. The van der Waals surface area contributed by atoms with Gasteiger partial charge < -0.3 is 19.5 Å². The largest absolute Gasteiger partial charge is 0.497 e. The van der Waals surface area contributed by atoms with Crippen LogP contribution < -0.4 is 19.5 Å². The quantitative estimate of drug-likeness (QED) is 0.636. The van der Waals surface area contributed by atoms with E-state index in [2.05, 4.69) is 24.0 Å². The summed E-state index contributed by atoms with van der Waals surface area (Å²) in [5.41, 5.74) is 2.37. The number of hydrogen-bond donors (Lipinski definition) is 1. The zero-order valence-corrected chi connectivity index (χ0v) is 15.6. The molecule has 0 saturated heterocycles. The van der Waals surface area contributed by atoms with E-state index < -0.39 is 0 Å². The van der Waals surface area contributed by atoms with E-state index in [1.807, 2.05) is 37.3 Å². The first-order valence-corrected chi connectivity index (χ1v) is 8.10. The lowest BCUT2D eigenvalue weighted by Gasteiger charge is -2.13. The summed E-state index contributed by atoms with van der Waals surface area (Å²) in [5, 5.41) is 3.43. The van der Waals surface area contributed by atoms with Gasteiger partial charge in [-0.05, 0) is 42.3 Å². The molecule has 0 heterocycles. The molecule has 0 aliphatic rings. The van der Waals surface area contributed by atoms with Gasteiger partial charge in [0.15, 0.2) is 11.5 Å². The lowest BCUT2D eigenvalue weighted by atomic mass is 10.2. The lowest BCUT2D eigenvalue weighted by Crippen LogP contribution is -2.12. The van der Waals surface area contributed by atoms with Crippen molar-refractivity contribution in [1.82, 2.24) is 5.32 Å². The Kier molecular flexibility index (Phi) is 9.51. The number of benzene rings is 2. The summed E-state index contributed by atoms with van der Waals surface area (Å²) in [5.74, 6) is 2.38. The van der Waals surface area contributed by atoms with Gasteiger partial charge in [-0.15, -0.1) is 12.4 Å². The molecule has 136 valence electrons. The van der Waals surface area contributed by atoms with Gasteiger partial charge in [0.1, 0.15) is 12.4 Å². The molecule has 0 radical (unpaired) electrons. The van der Waals surface area contributed by atoms with Crippen LogP contribution in [-0.2, 0) is 13.1 Å². The number of halogens is 1. The highest BCUT2D eigenvalue weighted by atomic mass is 35.5. The van der Waals surface area contributed by atoms with Gasteiger partial charge in [0, 0.05) is 13.1 Å². The van der Waals surface area contributed by atoms with Gasteiger partial charge in [0.25, 0.3) is 0 Å². The van der Waals surface area contributed by atoms with Crippen molar-refractivity contribution < 1.29 is 14.2 Å². The number of nitrogens with one attached hydrogen (secondary N) is 1. The van der Waals surface area contributed by atoms with E-state index >= 15 is 0 Å². The van der Waals surface area contributed by atoms with Crippen LogP contribution in [0.1, 0.15) is 18.1 Å². The third kappa shape index (κ3) is 6.69. The van der Waals surface area contributed by atoms with Crippen LogP contribution in [0, 0.1) is 0 Å². The fraction of sp³-hybridized carbons (Fsp3) is 0.300. The van der Waals surface area contributed by atoms with Gasteiger partial charge in [0.2, 0.25) is 0 Å². The van der Waals surface area contributed by atoms with Gasteiger partial charge >= 0.3 is 0 Å². The predicted molar refractivity (Wildman–Crippen MR) is 104 cm³/mol. The van der Waals surface area contributed by atoms with Crippen LogP contribution >= 0.6 is 12.4 Å². The van der Waals surface area contributed by atoms with Crippen LogP contribution in [0.15, 0.2) is 55.1 Å². The zero-order valence-electron chi connectivity index (χ0n) is 14.8. The van der Waals surface area contributed by atoms with Crippen molar-refractivity contribution in [1.29, 1.82) is 0 Å². The molecule has 0 aromatic heterocycles. The Balaban J connectivity index is 0.00000312. The number of methoxy groups -OCH3 is 1. The monoisotopic (exact) mass is 363 g/mol. The SMILES string of the molecule is C=CCOc1ccc(CNCc2ccc(OC)cc2)cc1OCC.Cl. The molecule has 0 atom stereocenters. The normalized spacial score (nSPS) is 9.84. The van der Waals surface area contributed by atoms with Crippen molar-refractivity contribution in [2.24, 2.45) is 0 Å². The Morgan fingerprint density at radius 3 is 2.28 bits per heavy atom.